The number of amides is 1. The van der Waals surface area contributed by atoms with Crippen molar-refractivity contribution in [1.82, 2.24) is 4.90 Å². The first-order valence-corrected chi connectivity index (χ1v) is 6.67. The van der Waals surface area contributed by atoms with E-state index in [4.69, 9.17) is 4.74 Å². The second-order valence-electron chi connectivity index (χ2n) is 6.65. The Kier molecular flexibility index (Phi) is 4.61. The van der Waals surface area contributed by atoms with E-state index in [0.29, 0.717) is 13.1 Å². The molecule has 2 unspecified atom stereocenters. The molecule has 1 aliphatic heterocycles. The van der Waals surface area contributed by atoms with Gasteiger partial charge in [0.15, 0.2) is 0 Å². The van der Waals surface area contributed by atoms with Gasteiger partial charge in [-0.1, -0.05) is 20.8 Å². The van der Waals surface area contributed by atoms with Gasteiger partial charge in [0.05, 0.1) is 5.60 Å². The van der Waals surface area contributed by atoms with E-state index in [1.807, 2.05) is 6.92 Å². The summed E-state index contributed by atoms with van der Waals surface area (Å²) in [4.78, 5) is 25.5. The Morgan fingerprint density at radius 2 is 1.95 bits per heavy atom. The molecular weight excluding hydrogens is 246 g/mol. The summed E-state index contributed by atoms with van der Waals surface area (Å²) in [6, 6.07) is 0. The summed E-state index contributed by atoms with van der Waals surface area (Å²) >= 11 is 0. The van der Waals surface area contributed by atoms with Gasteiger partial charge in [-0.05, 0) is 25.2 Å². The van der Waals surface area contributed by atoms with Crippen molar-refractivity contribution in [2.24, 2.45) is 11.3 Å². The van der Waals surface area contributed by atoms with Crippen LogP contribution >= 0.6 is 0 Å². The van der Waals surface area contributed by atoms with Gasteiger partial charge in [0.1, 0.15) is 5.92 Å². The van der Waals surface area contributed by atoms with E-state index in [1.165, 1.54) is 0 Å². The van der Waals surface area contributed by atoms with Crippen molar-refractivity contribution in [2.75, 3.05) is 20.2 Å². The Morgan fingerprint density at radius 1 is 1.37 bits per heavy atom. The fourth-order valence-electron chi connectivity index (χ4n) is 2.59. The number of methoxy groups -OCH3 is 1. The largest absolute Gasteiger partial charge is 0.481 e. The fraction of sp³-hybridized carbons (Fsp3) is 0.857. The number of piperidine rings is 1. The standard InChI is InChI=1S/C14H25NO4/c1-13(2,3)10(12(17)18)11(16)15-8-6-7-14(4,9-15)19-5/h10H,6-9H2,1-5H3,(H,17,18). The van der Waals surface area contributed by atoms with E-state index < -0.39 is 17.3 Å². The van der Waals surface area contributed by atoms with E-state index in [0.717, 1.165) is 12.8 Å². The molecule has 2 atom stereocenters. The molecule has 19 heavy (non-hydrogen) atoms. The molecule has 1 heterocycles. The minimum atomic E-state index is -1.05. The number of ether oxygens (including phenoxy) is 1. The zero-order chi connectivity index (χ0) is 14.8. The Bertz CT molecular complexity index is 361. The van der Waals surface area contributed by atoms with E-state index in [-0.39, 0.29) is 11.5 Å². The molecule has 1 aliphatic rings. The molecule has 0 aliphatic carbocycles. The molecule has 0 saturated carbocycles. The lowest BCUT2D eigenvalue weighted by atomic mass is 9.79. The fourth-order valence-corrected chi connectivity index (χ4v) is 2.59. The van der Waals surface area contributed by atoms with Gasteiger partial charge in [-0.15, -0.1) is 0 Å². The second-order valence-corrected chi connectivity index (χ2v) is 6.65. The van der Waals surface area contributed by atoms with Gasteiger partial charge in [0.2, 0.25) is 5.91 Å². The average molecular weight is 271 g/mol. The van der Waals surface area contributed by atoms with Crippen LogP contribution in [0.25, 0.3) is 0 Å². The maximum Gasteiger partial charge on any atom is 0.316 e. The summed E-state index contributed by atoms with van der Waals surface area (Å²) < 4.78 is 5.44. The van der Waals surface area contributed by atoms with Crippen molar-refractivity contribution in [3.8, 4) is 0 Å². The van der Waals surface area contributed by atoms with E-state index in [1.54, 1.807) is 32.8 Å². The smallest absolute Gasteiger partial charge is 0.316 e. The summed E-state index contributed by atoms with van der Waals surface area (Å²) in [7, 11) is 1.63. The zero-order valence-electron chi connectivity index (χ0n) is 12.5. The predicted molar refractivity (Wildman–Crippen MR) is 71.8 cm³/mol. The summed E-state index contributed by atoms with van der Waals surface area (Å²) in [5.74, 6) is -2.36. The Labute approximate surface area is 114 Å². The summed E-state index contributed by atoms with van der Waals surface area (Å²) in [5.41, 5.74) is -0.960. The SMILES string of the molecule is COC1(C)CCCN(C(=O)C(C(=O)O)C(C)(C)C)C1. The maximum absolute atomic E-state index is 12.5. The maximum atomic E-state index is 12.5. The van der Waals surface area contributed by atoms with Crippen LogP contribution in [0.3, 0.4) is 0 Å². The number of aliphatic carboxylic acids is 1. The van der Waals surface area contributed by atoms with Crippen molar-refractivity contribution < 1.29 is 19.4 Å². The molecular formula is C14H25NO4. The van der Waals surface area contributed by atoms with Gasteiger partial charge in [-0.3, -0.25) is 9.59 Å². The van der Waals surface area contributed by atoms with Crippen LogP contribution in [0.4, 0.5) is 0 Å². The molecule has 5 nitrogen and oxygen atoms in total. The van der Waals surface area contributed by atoms with Crippen molar-refractivity contribution in [1.29, 1.82) is 0 Å². The zero-order valence-corrected chi connectivity index (χ0v) is 12.5. The Hall–Kier alpha value is -1.10. The topological polar surface area (TPSA) is 66.8 Å². The normalized spacial score (nSPS) is 26.1. The number of hydrogen-bond donors (Lipinski definition) is 1. The van der Waals surface area contributed by atoms with Crippen molar-refractivity contribution >= 4 is 11.9 Å². The molecule has 1 N–H and O–H groups in total. The van der Waals surface area contributed by atoms with Gasteiger partial charge in [-0.2, -0.15) is 0 Å². The number of carboxylic acids is 1. The number of carbonyl (C=O) groups excluding carboxylic acids is 1. The van der Waals surface area contributed by atoms with Crippen molar-refractivity contribution in [3.63, 3.8) is 0 Å². The van der Waals surface area contributed by atoms with E-state index >= 15 is 0 Å². The lowest BCUT2D eigenvalue weighted by Gasteiger charge is -2.41. The van der Waals surface area contributed by atoms with Crippen molar-refractivity contribution in [3.05, 3.63) is 0 Å². The second kappa shape index (κ2) is 5.49. The van der Waals surface area contributed by atoms with Crippen LogP contribution in [0.15, 0.2) is 0 Å². The number of carbonyl (C=O) groups is 2. The number of likely N-dealkylation sites (tertiary alicyclic amines) is 1. The van der Waals surface area contributed by atoms with Gasteiger partial charge in [0.25, 0.3) is 0 Å². The number of carboxylic acid groups (broad SMARTS) is 1. The molecule has 0 spiro atoms. The van der Waals surface area contributed by atoms with Crippen LogP contribution in [0, 0.1) is 11.3 Å². The molecule has 0 aromatic heterocycles. The molecule has 0 radical (unpaired) electrons. The van der Waals surface area contributed by atoms with E-state index in [9.17, 15) is 14.7 Å². The third-order valence-electron chi connectivity index (χ3n) is 3.82. The number of nitrogens with zero attached hydrogens (tertiary/aromatic N) is 1. The summed E-state index contributed by atoms with van der Waals surface area (Å²) in [5, 5.41) is 9.32. The number of hydrogen-bond acceptors (Lipinski definition) is 3. The summed E-state index contributed by atoms with van der Waals surface area (Å²) in [6.07, 6.45) is 1.73. The van der Waals surface area contributed by atoms with Crippen LogP contribution in [0.1, 0.15) is 40.5 Å². The molecule has 1 saturated heterocycles. The van der Waals surface area contributed by atoms with Gasteiger partial charge in [0, 0.05) is 20.2 Å². The minimum Gasteiger partial charge on any atom is -0.481 e. The quantitative estimate of drug-likeness (QED) is 0.794. The summed E-state index contributed by atoms with van der Waals surface area (Å²) in [6.45, 7) is 8.37. The molecule has 5 heteroatoms. The first-order valence-electron chi connectivity index (χ1n) is 6.67. The van der Waals surface area contributed by atoms with Crippen molar-refractivity contribution in [2.45, 2.75) is 46.1 Å². The average Bonchev–Trinajstić information content (AvgIpc) is 2.26. The molecule has 0 aromatic rings. The minimum absolute atomic E-state index is 0.303. The highest BCUT2D eigenvalue weighted by molar-refractivity contribution is 5.97. The molecule has 0 aromatic carbocycles. The van der Waals surface area contributed by atoms with Crippen LogP contribution in [-0.4, -0.2) is 47.7 Å². The third-order valence-corrected chi connectivity index (χ3v) is 3.82. The van der Waals surface area contributed by atoms with Crippen LogP contribution < -0.4 is 0 Å². The molecule has 0 bridgehead atoms. The van der Waals surface area contributed by atoms with Gasteiger partial charge in [-0.25, -0.2) is 0 Å². The van der Waals surface area contributed by atoms with Gasteiger partial charge < -0.3 is 14.7 Å². The van der Waals surface area contributed by atoms with E-state index in [2.05, 4.69) is 0 Å². The Balaban J connectivity index is 2.89. The Morgan fingerprint density at radius 3 is 2.37 bits per heavy atom. The highest BCUT2D eigenvalue weighted by atomic mass is 16.5. The van der Waals surface area contributed by atoms with Crippen LogP contribution in [0.2, 0.25) is 0 Å². The van der Waals surface area contributed by atoms with Crippen LogP contribution in [0.5, 0.6) is 0 Å². The molecule has 1 amide bonds. The molecule has 1 rings (SSSR count). The molecule has 110 valence electrons. The lowest BCUT2D eigenvalue weighted by molar-refractivity contribution is -0.160. The first-order chi connectivity index (χ1) is 8.60. The molecule has 1 fully saturated rings. The highest BCUT2D eigenvalue weighted by Crippen LogP contribution is 2.31. The lowest BCUT2D eigenvalue weighted by Crippen LogP contribution is -2.54. The van der Waals surface area contributed by atoms with Crippen LogP contribution in [-0.2, 0) is 14.3 Å². The number of rotatable bonds is 3. The monoisotopic (exact) mass is 271 g/mol. The predicted octanol–water partition coefficient (Wildman–Crippen LogP) is 1.76. The first kappa shape index (κ1) is 16.0. The van der Waals surface area contributed by atoms with Gasteiger partial charge >= 0.3 is 5.97 Å². The highest BCUT2D eigenvalue weighted by Gasteiger charge is 2.43. The third kappa shape index (κ3) is 3.69.